The van der Waals surface area contributed by atoms with Crippen molar-refractivity contribution in [2.45, 2.75) is 54.5 Å². The van der Waals surface area contributed by atoms with Gasteiger partial charge in [-0.1, -0.05) is 25.1 Å². The molecule has 2 aromatic rings. The van der Waals surface area contributed by atoms with Crippen molar-refractivity contribution in [1.29, 1.82) is 0 Å². The molecule has 2 heterocycles. The van der Waals surface area contributed by atoms with Crippen LogP contribution < -0.4 is 9.62 Å². The lowest BCUT2D eigenvalue weighted by atomic mass is 9.95. The van der Waals surface area contributed by atoms with Crippen LogP contribution in [-0.4, -0.2) is 69.9 Å². The van der Waals surface area contributed by atoms with Gasteiger partial charge in [-0.05, 0) is 49.4 Å². The second kappa shape index (κ2) is 10.6. The van der Waals surface area contributed by atoms with Crippen molar-refractivity contribution in [2.24, 2.45) is 0 Å². The average Bonchev–Trinajstić information content (AvgIpc) is 3.37. The van der Waals surface area contributed by atoms with Gasteiger partial charge in [-0.15, -0.1) is 11.3 Å². The van der Waals surface area contributed by atoms with Crippen LogP contribution in [0.15, 0.2) is 46.0 Å². The number of benzene rings is 1. The fourth-order valence-electron chi connectivity index (χ4n) is 3.81. The van der Waals surface area contributed by atoms with Gasteiger partial charge in [-0.25, -0.2) is 21.6 Å². The summed E-state index contributed by atoms with van der Waals surface area (Å²) in [6.07, 6.45) is -4.48. The van der Waals surface area contributed by atoms with E-state index in [4.69, 9.17) is 0 Å². The molecular weight excluding hydrogens is 539 g/mol. The van der Waals surface area contributed by atoms with Crippen LogP contribution in [0.4, 0.5) is 18.9 Å². The predicted octanol–water partition coefficient (Wildman–Crippen LogP) is 3.12. The third-order valence-corrected chi connectivity index (χ3v) is 11.7. The summed E-state index contributed by atoms with van der Waals surface area (Å²) in [5.41, 5.74) is -2.89. The number of anilines is 1. The van der Waals surface area contributed by atoms with Gasteiger partial charge in [-0.2, -0.15) is 17.5 Å². The zero-order valence-corrected chi connectivity index (χ0v) is 22.5. The average molecular weight is 570 g/mol. The van der Waals surface area contributed by atoms with Crippen molar-refractivity contribution in [3.8, 4) is 0 Å². The SMILES string of the molecule is CC[C@@H](C)S(=O)(=O)NC[C@H]1CN(S(=O)(=O)c2cccs2)CCN1c1ccc([C@](C)(O)C(F)(F)F)cc1. The predicted molar refractivity (Wildman–Crippen MR) is 133 cm³/mol. The van der Waals surface area contributed by atoms with E-state index in [2.05, 4.69) is 4.72 Å². The van der Waals surface area contributed by atoms with Crippen LogP contribution >= 0.6 is 11.3 Å². The fraction of sp³-hybridized carbons (Fsp3) is 0.545. The van der Waals surface area contributed by atoms with Gasteiger partial charge in [0, 0.05) is 31.9 Å². The standard InChI is InChI=1S/C22H30F3N3O5S3/c1-4-16(2)35(30,31)26-14-19-15-27(36(32,33)20-6-5-13-34-20)11-12-28(19)18-9-7-17(8-10-18)21(3,29)22(23,24)25/h5-10,13,16,19,26,29H,4,11-12,14-15H2,1-3H3/t16-,19+,21+/m1/s1. The van der Waals surface area contributed by atoms with Crippen molar-refractivity contribution in [3.05, 3.63) is 47.3 Å². The quantitative estimate of drug-likeness (QED) is 0.481. The van der Waals surface area contributed by atoms with Crippen LogP contribution in [0.25, 0.3) is 0 Å². The second-order valence-corrected chi connectivity index (χ2v) is 14.2. The topological polar surface area (TPSA) is 107 Å². The zero-order valence-electron chi connectivity index (χ0n) is 20.1. The number of piperazine rings is 1. The summed E-state index contributed by atoms with van der Waals surface area (Å²) in [5.74, 6) is 0. The molecule has 1 aromatic carbocycles. The zero-order chi connectivity index (χ0) is 26.9. The maximum Gasteiger partial charge on any atom is 0.421 e. The molecule has 0 saturated carbocycles. The highest BCUT2D eigenvalue weighted by Gasteiger charge is 2.51. The minimum absolute atomic E-state index is 0.0225. The minimum Gasteiger partial charge on any atom is -0.376 e. The highest BCUT2D eigenvalue weighted by molar-refractivity contribution is 7.91. The molecule has 0 bridgehead atoms. The first-order valence-electron chi connectivity index (χ1n) is 11.3. The number of sulfonamides is 2. The largest absolute Gasteiger partial charge is 0.421 e. The highest BCUT2D eigenvalue weighted by atomic mass is 32.2. The first-order valence-corrected chi connectivity index (χ1v) is 15.2. The van der Waals surface area contributed by atoms with Crippen LogP contribution in [-0.2, 0) is 25.6 Å². The van der Waals surface area contributed by atoms with Crippen LogP contribution in [0.3, 0.4) is 0 Å². The third kappa shape index (κ3) is 5.89. The monoisotopic (exact) mass is 569 g/mol. The van der Waals surface area contributed by atoms with E-state index in [1.54, 1.807) is 30.2 Å². The van der Waals surface area contributed by atoms with E-state index >= 15 is 0 Å². The molecule has 1 saturated heterocycles. The van der Waals surface area contributed by atoms with Crippen molar-refractivity contribution in [2.75, 3.05) is 31.1 Å². The molecule has 202 valence electrons. The molecule has 3 atom stereocenters. The Morgan fingerprint density at radius 2 is 1.78 bits per heavy atom. The van der Waals surface area contributed by atoms with Gasteiger partial charge in [0.15, 0.2) is 5.60 Å². The number of thiophene rings is 1. The summed E-state index contributed by atoms with van der Waals surface area (Å²) < 4.78 is 95.0. The van der Waals surface area contributed by atoms with E-state index in [1.807, 2.05) is 0 Å². The van der Waals surface area contributed by atoms with Crippen LogP contribution in [0.5, 0.6) is 0 Å². The fourth-order valence-corrected chi connectivity index (χ4v) is 7.57. The Morgan fingerprint density at radius 1 is 1.14 bits per heavy atom. The van der Waals surface area contributed by atoms with E-state index in [1.165, 1.54) is 22.5 Å². The molecule has 0 unspecified atom stereocenters. The Balaban J connectivity index is 1.89. The molecule has 1 aliphatic rings. The van der Waals surface area contributed by atoms with Crippen molar-refractivity contribution >= 4 is 37.1 Å². The van der Waals surface area contributed by atoms with Crippen LogP contribution in [0.1, 0.15) is 32.8 Å². The summed E-state index contributed by atoms with van der Waals surface area (Å²) in [6, 6.07) is 7.66. The van der Waals surface area contributed by atoms with Crippen molar-refractivity contribution in [3.63, 3.8) is 0 Å². The van der Waals surface area contributed by atoms with Gasteiger partial charge in [0.25, 0.3) is 10.0 Å². The van der Waals surface area contributed by atoms with Crippen molar-refractivity contribution < 1.29 is 35.1 Å². The molecule has 0 radical (unpaired) electrons. The molecular formula is C22H30F3N3O5S3. The summed E-state index contributed by atoms with van der Waals surface area (Å²) in [4.78, 5) is 1.77. The third-order valence-electron chi connectivity index (χ3n) is 6.47. The molecule has 3 rings (SSSR count). The number of hydrogen-bond donors (Lipinski definition) is 2. The Labute approximate surface area is 213 Å². The second-order valence-electron chi connectivity index (χ2n) is 8.87. The van der Waals surface area contributed by atoms with E-state index < -0.39 is 43.1 Å². The van der Waals surface area contributed by atoms with E-state index in [0.717, 1.165) is 23.5 Å². The normalized spacial score (nSPS) is 20.8. The molecule has 0 aliphatic carbocycles. The maximum atomic E-state index is 13.2. The van der Waals surface area contributed by atoms with Crippen LogP contribution in [0.2, 0.25) is 0 Å². The number of hydrogen-bond acceptors (Lipinski definition) is 7. The number of rotatable bonds is 9. The van der Waals surface area contributed by atoms with Crippen LogP contribution in [0, 0.1) is 0 Å². The molecule has 0 amide bonds. The Hall–Kier alpha value is -1.71. The summed E-state index contributed by atoms with van der Waals surface area (Å²) in [5, 5.41) is 11.0. The van der Waals surface area contributed by atoms with Gasteiger partial charge in [0.05, 0.1) is 11.3 Å². The van der Waals surface area contributed by atoms with Gasteiger partial charge >= 0.3 is 6.18 Å². The lowest BCUT2D eigenvalue weighted by Crippen LogP contribution is -2.58. The number of aliphatic hydroxyl groups is 1. The molecule has 1 aromatic heterocycles. The molecule has 2 N–H and O–H groups in total. The summed E-state index contributed by atoms with van der Waals surface area (Å²) >= 11 is 1.08. The molecule has 14 heteroatoms. The lowest BCUT2D eigenvalue weighted by molar-refractivity contribution is -0.258. The van der Waals surface area contributed by atoms with Gasteiger partial charge in [-0.3, -0.25) is 0 Å². The molecule has 1 aliphatic heterocycles. The lowest BCUT2D eigenvalue weighted by Gasteiger charge is -2.42. The van der Waals surface area contributed by atoms with Gasteiger partial charge in [0.2, 0.25) is 10.0 Å². The Kier molecular flexibility index (Phi) is 8.48. The maximum absolute atomic E-state index is 13.2. The Morgan fingerprint density at radius 3 is 2.31 bits per heavy atom. The van der Waals surface area contributed by atoms with E-state index in [-0.39, 0.29) is 36.0 Å². The molecule has 8 nitrogen and oxygen atoms in total. The first kappa shape index (κ1) is 28.9. The number of alkyl halides is 3. The molecule has 36 heavy (non-hydrogen) atoms. The van der Waals surface area contributed by atoms with Gasteiger partial charge in [0.1, 0.15) is 4.21 Å². The first-order chi connectivity index (χ1) is 16.6. The number of nitrogens with one attached hydrogen (secondary N) is 1. The van der Waals surface area contributed by atoms with E-state index in [0.29, 0.717) is 19.0 Å². The van der Waals surface area contributed by atoms with Crippen molar-refractivity contribution in [1.82, 2.24) is 9.03 Å². The summed E-state index contributed by atoms with van der Waals surface area (Å²) in [7, 11) is -7.44. The molecule has 0 spiro atoms. The highest BCUT2D eigenvalue weighted by Crippen LogP contribution is 2.39. The summed E-state index contributed by atoms with van der Waals surface area (Å²) in [6.45, 7) is 4.16. The number of halogens is 3. The minimum atomic E-state index is -4.87. The molecule has 1 fully saturated rings. The smallest absolute Gasteiger partial charge is 0.376 e. The van der Waals surface area contributed by atoms with Gasteiger partial charge < -0.3 is 10.0 Å². The van der Waals surface area contributed by atoms with E-state index in [9.17, 15) is 35.1 Å². The number of nitrogens with zero attached hydrogens (tertiary/aromatic N) is 2. The Bertz CT molecular complexity index is 1230.